The number of rotatable bonds is 5. The maximum atomic E-state index is 7.13. The second kappa shape index (κ2) is 13.2. The Bertz CT molecular complexity index is 3160. The van der Waals surface area contributed by atoms with Gasteiger partial charge in [-0.15, -0.1) is 0 Å². The fourth-order valence-corrected chi connectivity index (χ4v) is 9.87. The SMILES string of the molecule is c1ccc(-c2cccc(N(c3ccccc3)c3ccc(-c4ccc5c(c4)-c4ccccc4C54c5ccc6ccccc6c5Oc5c4ccc4ccccc54)cc3)c2)cc1. The standard InChI is InChI=1S/C57H37NO/c1-3-14-38(15-4-1)42-18-13-21-46(36-42)58(44-19-5-2-6-20-44)45-31-26-39(27-32-45)43-30-33-52-50(37-43)49-24-11-12-25-51(49)57(52)53-34-28-40-16-7-9-22-47(40)55(53)59-56-48-23-10-8-17-41(48)29-35-54(56)57/h1-37H. The molecular weight excluding hydrogens is 715 g/mol. The summed E-state index contributed by atoms with van der Waals surface area (Å²) in [5.41, 5.74) is 15.0. The van der Waals surface area contributed by atoms with Crippen LogP contribution >= 0.6 is 0 Å². The summed E-state index contributed by atoms with van der Waals surface area (Å²) in [5.74, 6) is 1.87. The van der Waals surface area contributed by atoms with Gasteiger partial charge in [-0.05, 0) is 97.7 Å². The van der Waals surface area contributed by atoms with Gasteiger partial charge >= 0.3 is 0 Å². The Morgan fingerprint density at radius 1 is 0.305 bits per heavy atom. The van der Waals surface area contributed by atoms with E-state index in [0.29, 0.717) is 0 Å². The highest BCUT2D eigenvalue weighted by Crippen LogP contribution is 2.64. The molecule has 59 heavy (non-hydrogen) atoms. The number of para-hydroxylation sites is 1. The predicted octanol–water partition coefficient (Wildman–Crippen LogP) is 15.3. The second-order valence-corrected chi connectivity index (χ2v) is 15.6. The van der Waals surface area contributed by atoms with Crippen molar-refractivity contribution in [3.8, 4) is 44.9 Å². The first-order chi connectivity index (χ1) is 29.3. The quantitative estimate of drug-likeness (QED) is 0.174. The van der Waals surface area contributed by atoms with Crippen molar-refractivity contribution in [2.24, 2.45) is 0 Å². The Morgan fingerprint density at radius 3 is 1.51 bits per heavy atom. The van der Waals surface area contributed by atoms with Crippen molar-refractivity contribution in [1.82, 2.24) is 0 Å². The molecule has 1 aliphatic carbocycles. The number of hydrogen-bond acceptors (Lipinski definition) is 2. The number of ether oxygens (including phenoxy) is 1. The maximum Gasteiger partial charge on any atom is 0.140 e. The topological polar surface area (TPSA) is 12.5 Å². The average molecular weight is 752 g/mol. The van der Waals surface area contributed by atoms with Crippen molar-refractivity contribution >= 4 is 38.6 Å². The zero-order valence-corrected chi connectivity index (χ0v) is 32.2. The molecule has 10 aromatic rings. The molecule has 1 aliphatic heterocycles. The summed E-state index contributed by atoms with van der Waals surface area (Å²) in [7, 11) is 0. The van der Waals surface area contributed by atoms with Crippen molar-refractivity contribution in [3.05, 3.63) is 247 Å². The Kier molecular flexibility index (Phi) is 7.48. The number of benzene rings is 10. The minimum absolute atomic E-state index is 0.560. The van der Waals surface area contributed by atoms with Crippen LogP contribution in [0.2, 0.25) is 0 Å². The summed E-state index contributed by atoms with van der Waals surface area (Å²) in [4.78, 5) is 2.34. The zero-order valence-electron chi connectivity index (χ0n) is 32.2. The minimum atomic E-state index is -0.560. The Hall–Kier alpha value is -7.68. The molecule has 0 fully saturated rings. The first-order valence-electron chi connectivity index (χ1n) is 20.3. The first-order valence-corrected chi connectivity index (χ1v) is 20.3. The van der Waals surface area contributed by atoms with Gasteiger partial charge in [0.2, 0.25) is 0 Å². The van der Waals surface area contributed by atoms with E-state index in [-0.39, 0.29) is 0 Å². The summed E-state index contributed by atoms with van der Waals surface area (Å²) < 4.78 is 7.13. The van der Waals surface area contributed by atoms with Crippen molar-refractivity contribution in [3.63, 3.8) is 0 Å². The fraction of sp³-hybridized carbons (Fsp3) is 0.0175. The lowest BCUT2D eigenvalue weighted by Gasteiger charge is -2.40. The third-order valence-corrected chi connectivity index (χ3v) is 12.5. The molecule has 0 N–H and O–H groups in total. The van der Waals surface area contributed by atoms with Gasteiger partial charge in [-0.1, -0.05) is 182 Å². The molecule has 0 radical (unpaired) electrons. The molecule has 2 nitrogen and oxygen atoms in total. The molecule has 276 valence electrons. The minimum Gasteiger partial charge on any atom is -0.455 e. The molecule has 2 aliphatic rings. The summed E-state index contributed by atoms with van der Waals surface area (Å²) in [5, 5.41) is 4.60. The van der Waals surface area contributed by atoms with E-state index in [1.54, 1.807) is 0 Å². The van der Waals surface area contributed by atoms with Crippen LogP contribution in [0.4, 0.5) is 17.1 Å². The van der Waals surface area contributed by atoms with E-state index in [1.165, 1.54) is 66.4 Å². The smallest absolute Gasteiger partial charge is 0.140 e. The number of hydrogen-bond donors (Lipinski definition) is 0. The van der Waals surface area contributed by atoms with Gasteiger partial charge in [0.25, 0.3) is 0 Å². The molecule has 0 saturated heterocycles. The largest absolute Gasteiger partial charge is 0.455 e. The monoisotopic (exact) mass is 751 g/mol. The molecule has 0 atom stereocenters. The van der Waals surface area contributed by atoms with Crippen LogP contribution in [-0.2, 0) is 5.41 Å². The van der Waals surface area contributed by atoms with Gasteiger partial charge in [0.05, 0.1) is 5.41 Å². The summed E-state index contributed by atoms with van der Waals surface area (Å²) in [6.07, 6.45) is 0. The van der Waals surface area contributed by atoms with E-state index in [2.05, 4.69) is 229 Å². The van der Waals surface area contributed by atoms with Gasteiger partial charge < -0.3 is 9.64 Å². The zero-order chi connectivity index (χ0) is 38.9. The van der Waals surface area contributed by atoms with Crippen LogP contribution in [0.15, 0.2) is 224 Å². The molecule has 1 spiro atoms. The normalized spacial score (nSPS) is 13.0. The highest BCUT2D eigenvalue weighted by Gasteiger charge is 2.51. The molecule has 0 aromatic heterocycles. The van der Waals surface area contributed by atoms with Crippen LogP contribution in [0.5, 0.6) is 11.5 Å². The van der Waals surface area contributed by atoms with Gasteiger partial charge in [-0.2, -0.15) is 0 Å². The highest BCUT2D eigenvalue weighted by molar-refractivity contribution is 6.00. The van der Waals surface area contributed by atoms with E-state index in [0.717, 1.165) is 39.3 Å². The number of fused-ring (bicyclic) bond motifs is 13. The molecule has 0 saturated carbocycles. The molecule has 0 bridgehead atoms. The number of nitrogens with zero attached hydrogens (tertiary/aromatic N) is 1. The lowest BCUT2D eigenvalue weighted by atomic mass is 9.65. The van der Waals surface area contributed by atoms with Crippen LogP contribution in [-0.4, -0.2) is 0 Å². The van der Waals surface area contributed by atoms with E-state index >= 15 is 0 Å². The maximum absolute atomic E-state index is 7.13. The fourth-order valence-electron chi connectivity index (χ4n) is 9.87. The van der Waals surface area contributed by atoms with E-state index in [9.17, 15) is 0 Å². The van der Waals surface area contributed by atoms with Crippen molar-refractivity contribution in [1.29, 1.82) is 0 Å². The lowest BCUT2D eigenvalue weighted by molar-refractivity contribution is 0.447. The van der Waals surface area contributed by atoms with Crippen molar-refractivity contribution in [2.45, 2.75) is 5.41 Å². The van der Waals surface area contributed by atoms with Gasteiger partial charge in [0.15, 0.2) is 0 Å². The summed E-state index contributed by atoms with van der Waals surface area (Å²) in [6.45, 7) is 0. The molecular formula is C57H37NO. The Morgan fingerprint density at radius 2 is 0.797 bits per heavy atom. The molecule has 12 rings (SSSR count). The third-order valence-electron chi connectivity index (χ3n) is 12.5. The van der Waals surface area contributed by atoms with Gasteiger partial charge in [0.1, 0.15) is 11.5 Å². The highest BCUT2D eigenvalue weighted by atomic mass is 16.5. The van der Waals surface area contributed by atoms with E-state index in [4.69, 9.17) is 4.74 Å². The summed E-state index contributed by atoms with van der Waals surface area (Å²) in [6, 6.07) is 81.5. The first kappa shape index (κ1) is 33.5. The van der Waals surface area contributed by atoms with Crippen LogP contribution in [0, 0.1) is 0 Å². The van der Waals surface area contributed by atoms with Crippen LogP contribution in [0.25, 0.3) is 54.9 Å². The molecule has 2 heteroatoms. The van der Waals surface area contributed by atoms with Crippen LogP contribution in [0.3, 0.4) is 0 Å². The van der Waals surface area contributed by atoms with Gasteiger partial charge in [-0.3, -0.25) is 0 Å². The Labute approximate surface area is 343 Å². The number of anilines is 3. The van der Waals surface area contributed by atoms with Gasteiger partial charge in [0, 0.05) is 39.0 Å². The average Bonchev–Trinajstić information content (AvgIpc) is 3.60. The lowest BCUT2D eigenvalue weighted by Crippen LogP contribution is -2.32. The summed E-state index contributed by atoms with van der Waals surface area (Å²) >= 11 is 0. The molecule has 1 heterocycles. The van der Waals surface area contributed by atoms with Crippen LogP contribution in [0.1, 0.15) is 22.3 Å². The molecule has 10 aromatic carbocycles. The van der Waals surface area contributed by atoms with Crippen molar-refractivity contribution in [2.75, 3.05) is 4.90 Å². The van der Waals surface area contributed by atoms with Gasteiger partial charge in [-0.25, -0.2) is 0 Å². The van der Waals surface area contributed by atoms with E-state index < -0.39 is 5.41 Å². The van der Waals surface area contributed by atoms with Crippen LogP contribution < -0.4 is 9.64 Å². The third kappa shape index (κ3) is 5.06. The second-order valence-electron chi connectivity index (χ2n) is 15.6. The van der Waals surface area contributed by atoms with E-state index in [1.807, 2.05) is 0 Å². The molecule has 0 unspecified atom stereocenters. The predicted molar refractivity (Wildman–Crippen MR) is 244 cm³/mol. The van der Waals surface area contributed by atoms with Crippen molar-refractivity contribution < 1.29 is 4.74 Å². The Balaban J connectivity index is 1.01. The molecule has 0 amide bonds.